The smallest absolute Gasteiger partial charge is 0.321 e. The van der Waals surface area contributed by atoms with Crippen LogP contribution in [0.5, 0.6) is 0 Å². The first-order chi connectivity index (χ1) is 14.9. The lowest BCUT2D eigenvalue weighted by atomic mass is 10.1. The van der Waals surface area contributed by atoms with Crippen molar-refractivity contribution in [2.24, 2.45) is 0 Å². The number of piperazine rings is 1. The molecule has 6 nitrogen and oxygen atoms in total. The van der Waals surface area contributed by atoms with Crippen molar-refractivity contribution in [1.82, 2.24) is 14.9 Å². The minimum atomic E-state index is -0.0545. The SMILES string of the molecule is Cc1ccc(-c2nc(C)c(C)c(N3CCN(C(=O)Nc4cccc(C)c4)CC3)n2)cc1. The molecule has 2 aromatic carbocycles. The minimum Gasteiger partial charge on any atom is -0.353 e. The molecule has 1 N–H and O–H groups in total. The summed E-state index contributed by atoms with van der Waals surface area (Å²) in [5, 5.41) is 3.01. The number of nitrogens with one attached hydrogen (secondary N) is 1. The molecule has 1 fully saturated rings. The molecule has 31 heavy (non-hydrogen) atoms. The summed E-state index contributed by atoms with van der Waals surface area (Å²) in [6, 6.07) is 16.1. The summed E-state index contributed by atoms with van der Waals surface area (Å²) >= 11 is 0. The number of hydrogen-bond acceptors (Lipinski definition) is 4. The van der Waals surface area contributed by atoms with Gasteiger partial charge in [-0.2, -0.15) is 0 Å². The van der Waals surface area contributed by atoms with Gasteiger partial charge in [0, 0.05) is 48.7 Å². The topological polar surface area (TPSA) is 61.4 Å². The Balaban J connectivity index is 1.47. The Morgan fingerprint density at radius 1 is 0.871 bits per heavy atom. The Morgan fingerprint density at radius 3 is 2.26 bits per heavy atom. The summed E-state index contributed by atoms with van der Waals surface area (Å²) in [6.45, 7) is 11.0. The van der Waals surface area contributed by atoms with E-state index in [2.05, 4.69) is 48.3 Å². The van der Waals surface area contributed by atoms with E-state index in [1.54, 1.807) is 0 Å². The first-order valence-corrected chi connectivity index (χ1v) is 10.7. The number of rotatable bonds is 3. The second-order valence-corrected chi connectivity index (χ2v) is 8.22. The Kier molecular flexibility index (Phi) is 5.89. The average molecular weight is 416 g/mol. The van der Waals surface area contributed by atoms with E-state index in [-0.39, 0.29) is 6.03 Å². The number of urea groups is 1. The van der Waals surface area contributed by atoms with E-state index < -0.39 is 0 Å². The van der Waals surface area contributed by atoms with Crippen molar-refractivity contribution in [2.75, 3.05) is 36.4 Å². The third-order valence-corrected chi connectivity index (χ3v) is 5.81. The molecule has 4 rings (SSSR count). The van der Waals surface area contributed by atoms with Crippen LogP contribution in [0.3, 0.4) is 0 Å². The molecule has 1 aliphatic heterocycles. The number of amides is 2. The zero-order valence-electron chi connectivity index (χ0n) is 18.6. The van der Waals surface area contributed by atoms with Crippen LogP contribution >= 0.6 is 0 Å². The standard InChI is InChI=1S/C25H29N5O/c1-17-8-10-21(11-9-17)23-26-20(4)19(3)24(28-23)29-12-14-30(15-13-29)25(31)27-22-7-5-6-18(2)16-22/h5-11,16H,12-15H2,1-4H3,(H,27,31). The predicted molar refractivity (Wildman–Crippen MR) is 126 cm³/mol. The summed E-state index contributed by atoms with van der Waals surface area (Å²) in [7, 11) is 0. The summed E-state index contributed by atoms with van der Waals surface area (Å²) in [5.41, 5.74) is 6.27. The van der Waals surface area contributed by atoms with Crippen molar-refractivity contribution in [3.63, 3.8) is 0 Å². The molecule has 0 radical (unpaired) electrons. The molecule has 6 heteroatoms. The van der Waals surface area contributed by atoms with Crippen LogP contribution < -0.4 is 10.2 Å². The molecular weight excluding hydrogens is 386 g/mol. The molecule has 0 bridgehead atoms. The van der Waals surface area contributed by atoms with Crippen molar-refractivity contribution >= 4 is 17.5 Å². The highest BCUT2D eigenvalue weighted by Gasteiger charge is 2.24. The van der Waals surface area contributed by atoms with Gasteiger partial charge in [0.25, 0.3) is 0 Å². The van der Waals surface area contributed by atoms with Crippen LogP contribution in [0.15, 0.2) is 48.5 Å². The van der Waals surface area contributed by atoms with E-state index in [1.165, 1.54) is 5.56 Å². The number of aryl methyl sites for hydroxylation is 3. The number of carbonyl (C=O) groups is 1. The van der Waals surface area contributed by atoms with E-state index in [4.69, 9.17) is 9.97 Å². The molecule has 2 amide bonds. The normalized spacial score (nSPS) is 13.9. The average Bonchev–Trinajstić information content (AvgIpc) is 2.76. The first-order valence-electron chi connectivity index (χ1n) is 10.7. The predicted octanol–water partition coefficient (Wildman–Crippen LogP) is 4.73. The lowest BCUT2D eigenvalue weighted by molar-refractivity contribution is 0.208. The van der Waals surface area contributed by atoms with Gasteiger partial charge in [0.15, 0.2) is 5.82 Å². The maximum absolute atomic E-state index is 12.7. The van der Waals surface area contributed by atoms with Gasteiger partial charge in [-0.1, -0.05) is 42.0 Å². The number of aromatic nitrogens is 2. The molecule has 1 aliphatic rings. The van der Waals surface area contributed by atoms with Crippen LogP contribution in [0.4, 0.5) is 16.3 Å². The van der Waals surface area contributed by atoms with Gasteiger partial charge in [-0.25, -0.2) is 14.8 Å². The van der Waals surface area contributed by atoms with Gasteiger partial charge in [-0.15, -0.1) is 0 Å². The van der Waals surface area contributed by atoms with E-state index in [0.29, 0.717) is 13.1 Å². The summed E-state index contributed by atoms with van der Waals surface area (Å²) in [5.74, 6) is 1.71. The van der Waals surface area contributed by atoms with Crippen LogP contribution in [-0.2, 0) is 0 Å². The van der Waals surface area contributed by atoms with Crippen molar-refractivity contribution in [2.45, 2.75) is 27.7 Å². The van der Waals surface area contributed by atoms with Gasteiger partial charge in [0.1, 0.15) is 5.82 Å². The van der Waals surface area contributed by atoms with Crippen molar-refractivity contribution < 1.29 is 4.79 Å². The summed E-state index contributed by atoms with van der Waals surface area (Å²) in [4.78, 5) is 26.4. The van der Waals surface area contributed by atoms with Crippen molar-refractivity contribution in [1.29, 1.82) is 0 Å². The quantitative estimate of drug-likeness (QED) is 0.672. The van der Waals surface area contributed by atoms with E-state index in [1.807, 2.05) is 43.0 Å². The van der Waals surface area contributed by atoms with E-state index in [9.17, 15) is 4.79 Å². The minimum absolute atomic E-state index is 0.0545. The second-order valence-electron chi connectivity index (χ2n) is 8.22. The lowest BCUT2D eigenvalue weighted by Crippen LogP contribution is -2.50. The molecule has 160 valence electrons. The number of carbonyl (C=O) groups excluding carboxylic acids is 1. The first kappa shape index (κ1) is 20.8. The van der Waals surface area contributed by atoms with Gasteiger partial charge in [-0.05, 0) is 45.4 Å². The van der Waals surface area contributed by atoms with Gasteiger partial charge >= 0.3 is 6.03 Å². The fourth-order valence-electron chi connectivity index (χ4n) is 3.80. The zero-order chi connectivity index (χ0) is 22.0. The zero-order valence-corrected chi connectivity index (χ0v) is 18.6. The molecule has 2 heterocycles. The highest BCUT2D eigenvalue weighted by molar-refractivity contribution is 5.89. The summed E-state index contributed by atoms with van der Waals surface area (Å²) in [6.07, 6.45) is 0. The van der Waals surface area contributed by atoms with Crippen LogP contribution in [-0.4, -0.2) is 47.1 Å². The van der Waals surface area contributed by atoms with Gasteiger partial charge in [0.05, 0.1) is 0 Å². The molecule has 1 saturated heterocycles. The van der Waals surface area contributed by atoms with Crippen LogP contribution in [0, 0.1) is 27.7 Å². The van der Waals surface area contributed by atoms with Gasteiger partial charge in [-0.3, -0.25) is 0 Å². The van der Waals surface area contributed by atoms with Gasteiger partial charge < -0.3 is 15.1 Å². The third kappa shape index (κ3) is 4.68. The maximum atomic E-state index is 12.7. The van der Waals surface area contributed by atoms with Crippen LogP contribution in [0.2, 0.25) is 0 Å². The highest BCUT2D eigenvalue weighted by atomic mass is 16.2. The molecular formula is C25H29N5O. The molecule has 0 unspecified atom stereocenters. The molecule has 0 saturated carbocycles. The molecule has 0 aliphatic carbocycles. The Hall–Kier alpha value is -3.41. The second kappa shape index (κ2) is 8.76. The number of anilines is 2. The fraction of sp³-hybridized carbons (Fsp3) is 0.320. The summed E-state index contributed by atoms with van der Waals surface area (Å²) < 4.78 is 0. The number of benzene rings is 2. The largest absolute Gasteiger partial charge is 0.353 e. The van der Waals surface area contributed by atoms with Crippen LogP contribution in [0.1, 0.15) is 22.4 Å². The lowest BCUT2D eigenvalue weighted by Gasteiger charge is -2.36. The molecule has 1 aromatic heterocycles. The Bertz CT molecular complexity index is 1090. The van der Waals surface area contributed by atoms with Crippen molar-refractivity contribution in [3.05, 3.63) is 70.9 Å². The fourth-order valence-corrected chi connectivity index (χ4v) is 3.80. The van der Waals surface area contributed by atoms with Crippen LogP contribution in [0.25, 0.3) is 11.4 Å². The Labute approximate surface area is 183 Å². The number of hydrogen-bond donors (Lipinski definition) is 1. The third-order valence-electron chi connectivity index (χ3n) is 5.81. The van der Waals surface area contributed by atoms with E-state index in [0.717, 1.165) is 52.8 Å². The number of nitrogens with zero attached hydrogens (tertiary/aromatic N) is 4. The maximum Gasteiger partial charge on any atom is 0.321 e. The van der Waals surface area contributed by atoms with Gasteiger partial charge in [0.2, 0.25) is 0 Å². The van der Waals surface area contributed by atoms with Crippen molar-refractivity contribution in [3.8, 4) is 11.4 Å². The molecule has 0 atom stereocenters. The monoisotopic (exact) mass is 415 g/mol. The Morgan fingerprint density at radius 2 is 1.58 bits per heavy atom. The highest BCUT2D eigenvalue weighted by Crippen LogP contribution is 2.26. The van der Waals surface area contributed by atoms with E-state index >= 15 is 0 Å². The molecule has 3 aromatic rings. The molecule has 0 spiro atoms.